The van der Waals surface area contributed by atoms with Crippen molar-refractivity contribution in [3.8, 4) is 0 Å². The molecule has 2 N–H and O–H groups in total. The van der Waals surface area contributed by atoms with E-state index in [2.05, 4.69) is 5.32 Å². The van der Waals surface area contributed by atoms with Crippen molar-refractivity contribution < 1.29 is 19.4 Å². The fourth-order valence-electron chi connectivity index (χ4n) is 2.04. The zero-order valence-electron chi connectivity index (χ0n) is 11.6. The zero-order valence-corrected chi connectivity index (χ0v) is 11.6. The Hall–Kier alpha value is -2.34. The summed E-state index contributed by atoms with van der Waals surface area (Å²) in [5, 5.41) is 11.4. The van der Waals surface area contributed by atoms with Gasteiger partial charge in [-0.1, -0.05) is 12.1 Å². The maximum absolute atomic E-state index is 12.1. The first-order valence-corrected chi connectivity index (χ1v) is 6.80. The van der Waals surface area contributed by atoms with Crippen LogP contribution in [0.4, 0.5) is 10.5 Å². The molecule has 0 bridgehead atoms. The standard InChI is InChI=1S/C15H18N2O4/c18-14(19)6-5-12-3-1-4-13(11-12)16-15(20)17-7-2-9-21-10-8-17/h1,3-6,11H,2,7-10H2,(H,16,20)(H,18,19)/b6-5+. The molecule has 1 saturated heterocycles. The number of ether oxygens (including phenoxy) is 1. The van der Waals surface area contributed by atoms with Gasteiger partial charge in [-0.3, -0.25) is 0 Å². The molecule has 1 aromatic carbocycles. The van der Waals surface area contributed by atoms with E-state index in [9.17, 15) is 9.59 Å². The number of hydrogen-bond acceptors (Lipinski definition) is 3. The fraction of sp³-hybridized carbons (Fsp3) is 0.333. The van der Waals surface area contributed by atoms with Gasteiger partial charge in [-0.25, -0.2) is 9.59 Å². The average Bonchev–Trinajstić information content (AvgIpc) is 2.74. The Kier molecular flexibility index (Phi) is 5.34. The van der Waals surface area contributed by atoms with Crippen LogP contribution in [0.3, 0.4) is 0 Å². The summed E-state index contributed by atoms with van der Waals surface area (Å²) in [6.45, 7) is 2.48. The van der Waals surface area contributed by atoms with Crippen LogP contribution in [0.25, 0.3) is 6.08 Å². The molecule has 0 radical (unpaired) electrons. The van der Waals surface area contributed by atoms with Crippen molar-refractivity contribution in [2.45, 2.75) is 6.42 Å². The molecule has 0 spiro atoms. The van der Waals surface area contributed by atoms with Crippen LogP contribution in [-0.4, -0.2) is 48.3 Å². The van der Waals surface area contributed by atoms with Crippen molar-refractivity contribution in [2.24, 2.45) is 0 Å². The number of carboxylic acids is 1. The molecule has 0 aromatic heterocycles. The van der Waals surface area contributed by atoms with Gasteiger partial charge < -0.3 is 20.1 Å². The summed E-state index contributed by atoms with van der Waals surface area (Å²) in [5.74, 6) is -1.01. The lowest BCUT2D eigenvalue weighted by atomic mass is 10.2. The topological polar surface area (TPSA) is 78.9 Å². The molecule has 0 aliphatic carbocycles. The summed E-state index contributed by atoms with van der Waals surface area (Å²) in [6, 6.07) is 6.87. The highest BCUT2D eigenvalue weighted by Gasteiger charge is 2.15. The molecule has 1 aliphatic heterocycles. The van der Waals surface area contributed by atoms with E-state index in [1.807, 2.05) is 0 Å². The van der Waals surface area contributed by atoms with Gasteiger partial charge in [0.05, 0.1) is 6.61 Å². The number of carboxylic acid groups (broad SMARTS) is 1. The van der Waals surface area contributed by atoms with Crippen LogP contribution in [0.5, 0.6) is 0 Å². The molecule has 21 heavy (non-hydrogen) atoms. The highest BCUT2D eigenvalue weighted by atomic mass is 16.5. The molecule has 6 heteroatoms. The van der Waals surface area contributed by atoms with Crippen molar-refractivity contribution in [1.82, 2.24) is 4.90 Å². The number of urea groups is 1. The molecule has 0 saturated carbocycles. The number of anilines is 1. The maximum atomic E-state index is 12.1. The molecule has 2 amide bonds. The quantitative estimate of drug-likeness (QED) is 0.835. The van der Waals surface area contributed by atoms with E-state index < -0.39 is 5.97 Å². The van der Waals surface area contributed by atoms with Crippen molar-refractivity contribution in [1.29, 1.82) is 0 Å². The largest absolute Gasteiger partial charge is 0.478 e. The fourth-order valence-corrected chi connectivity index (χ4v) is 2.04. The number of benzene rings is 1. The molecule has 0 atom stereocenters. The third-order valence-electron chi connectivity index (χ3n) is 3.07. The van der Waals surface area contributed by atoms with Gasteiger partial charge in [0.15, 0.2) is 0 Å². The second-order valence-electron chi connectivity index (χ2n) is 4.68. The van der Waals surface area contributed by atoms with E-state index in [0.29, 0.717) is 32.0 Å². The molecule has 1 aliphatic rings. The van der Waals surface area contributed by atoms with Gasteiger partial charge in [-0.05, 0) is 30.2 Å². The Balaban J connectivity index is 1.99. The summed E-state index contributed by atoms with van der Waals surface area (Å²) in [6.07, 6.45) is 3.37. The highest BCUT2D eigenvalue weighted by Crippen LogP contribution is 2.13. The first-order chi connectivity index (χ1) is 10.1. The Morgan fingerprint density at radius 2 is 2.14 bits per heavy atom. The number of carbonyl (C=O) groups excluding carboxylic acids is 1. The predicted octanol–water partition coefficient (Wildman–Crippen LogP) is 2.04. The summed E-state index contributed by atoms with van der Waals surface area (Å²) in [4.78, 5) is 24.4. The van der Waals surface area contributed by atoms with E-state index in [4.69, 9.17) is 9.84 Å². The first kappa shape index (κ1) is 15.1. The Morgan fingerprint density at radius 3 is 2.95 bits per heavy atom. The minimum atomic E-state index is -1.01. The molecular weight excluding hydrogens is 272 g/mol. The van der Waals surface area contributed by atoms with Gasteiger partial charge in [0.25, 0.3) is 0 Å². The number of hydrogen-bond donors (Lipinski definition) is 2. The third-order valence-corrected chi connectivity index (χ3v) is 3.07. The smallest absolute Gasteiger partial charge is 0.328 e. The van der Waals surface area contributed by atoms with Gasteiger partial charge in [0.2, 0.25) is 0 Å². The van der Waals surface area contributed by atoms with Gasteiger partial charge in [0.1, 0.15) is 0 Å². The summed E-state index contributed by atoms with van der Waals surface area (Å²) in [7, 11) is 0. The molecular formula is C15H18N2O4. The second kappa shape index (κ2) is 7.44. The van der Waals surface area contributed by atoms with Crippen molar-refractivity contribution in [3.05, 3.63) is 35.9 Å². The zero-order chi connectivity index (χ0) is 15.1. The lowest BCUT2D eigenvalue weighted by molar-refractivity contribution is -0.131. The minimum Gasteiger partial charge on any atom is -0.478 e. The first-order valence-electron chi connectivity index (χ1n) is 6.80. The Morgan fingerprint density at radius 1 is 1.29 bits per heavy atom. The lowest BCUT2D eigenvalue weighted by Gasteiger charge is -2.20. The van der Waals surface area contributed by atoms with Crippen LogP contribution in [-0.2, 0) is 9.53 Å². The second-order valence-corrected chi connectivity index (χ2v) is 4.68. The molecule has 1 aromatic rings. The van der Waals surface area contributed by atoms with E-state index >= 15 is 0 Å². The van der Waals surface area contributed by atoms with Crippen molar-refractivity contribution in [3.63, 3.8) is 0 Å². The number of carbonyl (C=O) groups is 2. The maximum Gasteiger partial charge on any atom is 0.328 e. The SMILES string of the molecule is O=C(O)/C=C/c1cccc(NC(=O)N2CCCOCC2)c1. The molecule has 2 rings (SSSR count). The average molecular weight is 290 g/mol. The highest BCUT2D eigenvalue weighted by molar-refractivity contribution is 5.90. The van der Waals surface area contributed by atoms with Gasteiger partial charge in [0, 0.05) is 31.5 Å². The van der Waals surface area contributed by atoms with Crippen LogP contribution in [0.1, 0.15) is 12.0 Å². The number of aliphatic carboxylic acids is 1. The van der Waals surface area contributed by atoms with E-state index in [0.717, 1.165) is 18.1 Å². The molecule has 112 valence electrons. The van der Waals surface area contributed by atoms with Gasteiger partial charge in [-0.2, -0.15) is 0 Å². The summed E-state index contributed by atoms with van der Waals surface area (Å²) in [5.41, 5.74) is 1.35. The summed E-state index contributed by atoms with van der Waals surface area (Å²) >= 11 is 0. The lowest BCUT2D eigenvalue weighted by Crippen LogP contribution is -2.36. The van der Waals surface area contributed by atoms with Crippen molar-refractivity contribution >= 4 is 23.8 Å². The number of rotatable bonds is 3. The molecule has 1 fully saturated rings. The van der Waals surface area contributed by atoms with Crippen LogP contribution in [0.15, 0.2) is 30.3 Å². The minimum absolute atomic E-state index is 0.167. The molecule has 1 heterocycles. The number of amides is 2. The van der Waals surface area contributed by atoms with Crippen molar-refractivity contribution in [2.75, 3.05) is 31.6 Å². The van der Waals surface area contributed by atoms with Crippen LogP contribution in [0.2, 0.25) is 0 Å². The predicted molar refractivity (Wildman–Crippen MR) is 79.1 cm³/mol. The van der Waals surface area contributed by atoms with E-state index in [1.165, 1.54) is 6.08 Å². The number of nitrogens with one attached hydrogen (secondary N) is 1. The summed E-state index contributed by atoms with van der Waals surface area (Å²) < 4.78 is 5.31. The Bertz CT molecular complexity index is 534. The van der Waals surface area contributed by atoms with Crippen LogP contribution in [0, 0.1) is 0 Å². The molecule has 6 nitrogen and oxygen atoms in total. The monoisotopic (exact) mass is 290 g/mol. The van der Waals surface area contributed by atoms with Gasteiger partial charge >= 0.3 is 12.0 Å². The van der Waals surface area contributed by atoms with Gasteiger partial charge in [-0.15, -0.1) is 0 Å². The third kappa shape index (κ3) is 4.92. The van der Waals surface area contributed by atoms with Crippen LogP contribution < -0.4 is 5.32 Å². The van der Waals surface area contributed by atoms with Crippen LogP contribution >= 0.6 is 0 Å². The number of nitrogens with zero attached hydrogens (tertiary/aromatic N) is 1. The van der Waals surface area contributed by atoms with E-state index in [1.54, 1.807) is 29.2 Å². The molecule has 0 unspecified atom stereocenters. The Labute approximate surface area is 123 Å². The van der Waals surface area contributed by atoms with E-state index in [-0.39, 0.29) is 6.03 Å². The normalized spacial score (nSPS) is 15.7.